The van der Waals surface area contributed by atoms with Crippen molar-refractivity contribution in [1.82, 2.24) is 5.16 Å². The minimum Gasteiger partial charge on any atom is -0.360 e. The maximum absolute atomic E-state index is 10.7. The monoisotopic (exact) mass is 171 g/mol. The Bertz CT molecular complexity index is 290. The topological polar surface area (TPSA) is 43.1 Å². The molecule has 0 aromatic carbocycles. The van der Waals surface area contributed by atoms with Gasteiger partial charge in [0.2, 0.25) is 0 Å². The molecule has 1 saturated carbocycles. The summed E-state index contributed by atoms with van der Waals surface area (Å²) in [5, 5.41) is 3.05. The van der Waals surface area contributed by atoms with E-state index in [4.69, 9.17) is 16.1 Å². The largest absolute Gasteiger partial charge is 0.360 e. The third kappa shape index (κ3) is 1.16. The van der Waals surface area contributed by atoms with E-state index in [0.717, 1.165) is 12.8 Å². The molecule has 58 valence electrons. The molecule has 0 radical (unpaired) electrons. The Balaban J connectivity index is 2.37. The fourth-order valence-electron chi connectivity index (χ4n) is 1.04. The van der Waals surface area contributed by atoms with Gasteiger partial charge in [-0.3, -0.25) is 4.79 Å². The highest BCUT2D eigenvalue weighted by Gasteiger charge is 2.31. The van der Waals surface area contributed by atoms with Crippen molar-refractivity contribution >= 4 is 16.8 Å². The normalized spacial score (nSPS) is 16.8. The SMILES string of the molecule is O=C(Cl)c1cnoc1C1CC1. The maximum Gasteiger partial charge on any atom is 0.257 e. The third-order valence-corrected chi connectivity index (χ3v) is 1.96. The van der Waals surface area contributed by atoms with Gasteiger partial charge in [0.1, 0.15) is 0 Å². The van der Waals surface area contributed by atoms with Crippen molar-refractivity contribution in [3.63, 3.8) is 0 Å². The highest BCUT2D eigenvalue weighted by molar-refractivity contribution is 6.67. The smallest absolute Gasteiger partial charge is 0.257 e. The predicted molar refractivity (Wildman–Crippen MR) is 38.7 cm³/mol. The van der Waals surface area contributed by atoms with Crippen molar-refractivity contribution < 1.29 is 9.32 Å². The Morgan fingerprint density at radius 2 is 2.45 bits per heavy atom. The summed E-state index contributed by atoms with van der Waals surface area (Å²) in [6.07, 6.45) is 3.53. The van der Waals surface area contributed by atoms with E-state index in [2.05, 4.69) is 5.16 Å². The summed E-state index contributed by atoms with van der Waals surface area (Å²) < 4.78 is 4.89. The number of carbonyl (C=O) groups excluding carboxylic acids is 1. The fraction of sp³-hybridized carbons (Fsp3) is 0.429. The summed E-state index contributed by atoms with van der Waals surface area (Å²) >= 11 is 5.28. The van der Waals surface area contributed by atoms with Crippen LogP contribution in [-0.4, -0.2) is 10.4 Å². The molecule has 11 heavy (non-hydrogen) atoms. The van der Waals surface area contributed by atoms with E-state index in [1.165, 1.54) is 6.20 Å². The Morgan fingerprint density at radius 1 is 1.73 bits per heavy atom. The molecule has 2 rings (SSSR count). The molecule has 3 nitrogen and oxygen atoms in total. The van der Waals surface area contributed by atoms with Crippen LogP contribution in [-0.2, 0) is 0 Å². The fourth-order valence-corrected chi connectivity index (χ4v) is 1.18. The van der Waals surface area contributed by atoms with Gasteiger partial charge in [-0.05, 0) is 24.4 Å². The summed E-state index contributed by atoms with van der Waals surface area (Å²) in [4.78, 5) is 10.7. The molecule has 1 heterocycles. The van der Waals surface area contributed by atoms with Gasteiger partial charge in [-0.1, -0.05) is 5.16 Å². The molecule has 0 N–H and O–H groups in total. The van der Waals surface area contributed by atoms with Crippen LogP contribution in [0.2, 0.25) is 0 Å². The minimum atomic E-state index is -0.479. The molecule has 0 aliphatic heterocycles. The van der Waals surface area contributed by atoms with Gasteiger partial charge in [0.25, 0.3) is 5.24 Å². The minimum absolute atomic E-state index is 0.384. The van der Waals surface area contributed by atoms with Gasteiger partial charge < -0.3 is 4.52 Å². The van der Waals surface area contributed by atoms with Crippen molar-refractivity contribution in [2.45, 2.75) is 18.8 Å². The van der Waals surface area contributed by atoms with Gasteiger partial charge in [-0.2, -0.15) is 0 Å². The zero-order valence-electron chi connectivity index (χ0n) is 5.71. The average Bonchev–Trinajstić information content (AvgIpc) is 2.68. The van der Waals surface area contributed by atoms with Crippen LogP contribution in [0, 0.1) is 0 Å². The molecule has 1 aromatic rings. The zero-order chi connectivity index (χ0) is 7.84. The molecule has 1 fully saturated rings. The predicted octanol–water partition coefficient (Wildman–Crippen LogP) is 1.93. The maximum atomic E-state index is 10.7. The second-order valence-electron chi connectivity index (χ2n) is 2.65. The Morgan fingerprint density at radius 3 is 3.00 bits per heavy atom. The number of rotatable bonds is 2. The molecule has 0 saturated heterocycles. The van der Waals surface area contributed by atoms with Crippen molar-refractivity contribution in [3.8, 4) is 0 Å². The number of hydrogen-bond donors (Lipinski definition) is 0. The van der Waals surface area contributed by atoms with Crippen LogP contribution in [0.4, 0.5) is 0 Å². The second kappa shape index (κ2) is 2.34. The average molecular weight is 172 g/mol. The third-order valence-electron chi connectivity index (χ3n) is 1.76. The van der Waals surface area contributed by atoms with Crippen LogP contribution in [0.1, 0.15) is 34.9 Å². The van der Waals surface area contributed by atoms with Crippen molar-refractivity contribution in [1.29, 1.82) is 0 Å². The van der Waals surface area contributed by atoms with Crippen molar-refractivity contribution in [2.75, 3.05) is 0 Å². The first-order valence-corrected chi connectivity index (χ1v) is 3.81. The van der Waals surface area contributed by atoms with E-state index < -0.39 is 5.24 Å². The number of nitrogens with zero attached hydrogens (tertiary/aromatic N) is 1. The number of halogens is 1. The Kier molecular flexibility index (Phi) is 1.46. The Labute approximate surface area is 68.3 Å². The highest BCUT2D eigenvalue weighted by atomic mass is 35.5. The van der Waals surface area contributed by atoms with Gasteiger partial charge in [0, 0.05) is 5.92 Å². The van der Waals surface area contributed by atoms with Gasteiger partial charge in [-0.25, -0.2) is 0 Å². The molecule has 0 atom stereocenters. The van der Waals surface area contributed by atoms with Gasteiger partial charge >= 0.3 is 0 Å². The number of hydrogen-bond acceptors (Lipinski definition) is 3. The van der Waals surface area contributed by atoms with Crippen LogP contribution in [0.25, 0.3) is 0 Å². The second-order valence-corrected chi connectivity index (χ2v) is 2.99. The lowest BCUT2D eigenvalue weighted by Gasteiger charge is -1.89. The lowest BCUT2D eigenvalue weighted by Crippen LogP contribution is -1.90. The first-order valence-electron chi connectivity index (χ1n) is 3.43. The first-order chi connectivity index (χ1) is 5.29. The van der Waals surface area contributed by atoms with Gasteiger partial charge in [0.05, 0.1) is 11.8 Å². The van der Waals surface area contributed by atoms with E-state index in [9.17, 15) is 4.79 Å². The van der Waals surface area contributed by atoms with Crippen LogP contribution in [0.3, 0.4) is 0 Å². The zero-order valence-corrected chi connectivity index (χ0v) is 6.47. The molecule has 1 aliphatic rings. The van der Waals surface area contributed by atoms with Gasteiger partial charge in [-0.15, -0.1) is 0 Å². The van der Waals surface area contributed by atoms with E-state index in [-0.39, 0.29) is 0 Å². The van der Waals surface area contributed by atoms with E-state index >= 15 is 0 Å². The Hall–Kier alpha value is -0.830. The van der Waals surface area contributed by atoms with Crippen molar-refractivity contribution in [3.05, 3.63) is 17.5 Å². The summed E-state index contributed by atoms with van der Waals surface area (Å²) in [6.45, 7) is 0. The van der Waals surface area contributed by atoms with Crippen LogP contribution < -0.4 is 0 Å². The molecular weight excluding hydrogens is 166 g/mol. The standard InChI is InChI=1S/C7H6ClNO2/c8-7(10)5-3-9-11-6(5)4-1-2-4/h3-4H,1-2H2. The molecule has 1 aliphatic carbocycles. The highest BCUT2D eigenvalue weighted by Crippen LogP contribution is 2.41. The quantitative estimate of drug-likeness (QED) is 0.639. The molecule has 0 unspecified atom stereocenters. The first kappa shape index (κ1) is 6.85. The summed E-state index contributed by atoms with van der Waals surface area (Å²) in [5.41, 5.74) is 0.425. The van der Waals surface area contributed by atoms with Gasteiger partial charge in [0.15, 0.2) is 5.76 Å². The summed E-state index contributed by atoms with van der Waals surface area (Å²) in [6, 6.07) is 0. The number of carbonyl (C=O) groups is 1. The van der Waals surface area contributed by atoms with Crippen LogP contribution in [0.5, 0.6) is 0 Å². The molecule has 0 bridgehead atoms. The van der Waals surface area contributed by atoms with Crippen LogP contribution >= 0.6 is 11.6 Å². The lowest BCUT2D eigenvalue weighted by atomic mass is 10.2. The molecule has 4 heteroatoms. The molecule has 1 aromatic heterocycles. The van der Waals surface area contributed by atoms with E-state index in [1.54, 1.807) is 0 Å². The summed E-state index contributed by atoms with van der Waals surface area (Å²) in [5.74, 6) is 1.04. The number of aromatic nitrogens is 1. The summed E-state index contributed by atoms with van der Waals surface area (Å²) in [7, 11) is 0. The van der Waals surface area contributed by atoms with E-state index in [1.807, 2.05) is 0 Å². The molecule has 0 amide bonds. The lowest BCUT2D eigenvalue weighted by molar-refractivity contribution is 0.107. The molecular formula is C7H6ClNO2. The van der Waals surface area contributed by atoms with Crippen molar-refractivity contribution in [2.24, 2.45) is 0 Å². The van der Waals surface area contributed by atoms with Crippen LogP contribution in [0.15, 0.2) is 10.7 Å². The molecule has 0 spiro atoms. The van der Waals surface area contributed by atoms with E-state index in [0.29, 0.717) is 17.2 Å².